The van der Waals surface area contributed by atoms with Gasteiger partial charge >= 0.3 is 0 Å². The Labute approximate surface area is 96.2 Å². The third kappa shape index (κ3) is 2.82. The molecular weight excluding hydrogens is 204 g/mol. The molecule has 1 rings (SSSR count). The van der Waals surface area contributed by atoms with Crippen molar-refractivity contribution in [2.75, 3.05) is 0 Å². The molecule has 1 unspecified atom stereocenters. The van der Waals surface area contributed by atoms with E-state index in [-0.39, 0.29) is 11.9 Å². The van der Waals surface area contributed by atoms with Gasteiger partial charge in [0, 0.05) is 6.42 Å². The van der Waals surface area contributed by atoms with E-state index in [9.17, 15) is 9.59 Å². The van der Waals surface area contributed by atoms with Crippen LogP contribution in [0, 0.1) is 11.3 Å². The average Bonchev–Trinajstić information content (AvgIpc) is 2.66. The summed E-state index contributed by atoms with van der Waals surface area (Å²) in [5.74, 6) is -0.0554. The molecule has 0 aromatic heterocycles. The van der Waals surface area contributed by atoms with Crippen LogP contribution in [0.5, 0.6) is 0 Å². The number of carbonyl (C=O) groups excluding carboxylic acids is 2. The van der Waals surface area contributed by atoms with Gasteiger partial charge in [0.2, 0.25) is 5.91 Å². The third-order valence-corrected chi connectivity index (χ3v) is 3.02. The summed E-state index contributed by atoms with van der Waals surface area (Å²) in [5.41, 5.74) is 0. The molecule has 0 aliphatic carbocycles. The van der Waals surface area contributed by atoms with Gasteiger partial charge in [0.15, 0.2) is 0 Å². The van der Waals surface area contributed by atoms with Crippen molar-refractivity contribution in [1.29, 1.82) is 5.26 Å². The van der Waals surface area contributed by atoms with Crippen LogP contribution in [-0.4, -0.2) is 29.2 Å². The van der Waals surface area contributed by atoms with Gasteiger partial charge < -0.3 is 9.69 Å². The summed E-state index contributed by atoms with van der Waals surface area (Å²) < 4.78 is 0. The van der Waals surface area contributed by atoms with Gasteiger partial charge in [0.1, 0.15) is 12.3 Å². The topological polar surface area (TPSA) is 61.2 Å². The number of hydrogen-bond donors (Lipinski definition) is 0. The number of hydrogen-bond acceptors (Lipinski definition) is 3. The summed E-state index contributed by atoms with van der Waals surface area (Å²) in [6, 6.07) is 1.35. The zero-order valence-electron chi connectivity index (χ0n) is 9.69. The van der Waals surface area contributed by atoms with E-state index in [0.717, 1.165) is 25.5 Å². The molecule has 0 radical (unpaired) electrons. The Balaban J connectivity index is 2.60. The predicted molar refractivity (Wildman–Crippen MR) is 59.5 cm³/mol. The minimum atomic E-state index is -0.420. The number of likely N-dealkylation sites (tertiary alicyclic amines) is 1. The lowest BCUT2D eigenvalue weighted by atomic mass is 10.1. The Morgan fingerprint density at radius 2 is 2.38 bits per heavy atom. The fourth-order valence-electron chi connectivity index (χ4n) is 2.12. The molecule has 0 N–H and O–H groups in total. The van der Waals surface area contributed by atoms with E-state index in [2.05, 4.69) is 13.0 Å². The Bertz CT molecular complexity index is 296. The van der Waals surface area contributed by atoms with Crippen LogP contribution in [0.2, 0.25) is 0 Å². The summed E-state index contributed by atoms with van der Waals surface area (Å²) in [6.45, 7) is 2.09. The first-order valence-corrected chi connectivity index (χ1v) is 5.90. The lowest BCUT2D eigenvalue weighted by Crippen LogP contribution is -2.41. The standard InChI is InChI=1S/C12H18N2O2/c1-2-3-4-5-10(8-13)14-11(9-15)6-7-12(14)16/h9-11H,2-7H2,1H3/t10?,11-/m1/s1. The summed E-state index contributed by atoms with van der Waals surface area (Å²) in [4.78, 5) is 23.9. The van der Waals surface area contributed by atoms with Crippen molar-refractivity contribution in [3.8, 4) is 6.07 Å². The molecule has 16 heavy (non-hydrogen) atoms. The van der Waals surface area contributed by atoms with Gasteiger partial charge in [-0.1, -0.05) is 26.2 Å². The minimum Gasteiger partial charge on any atom is -0.317 e. The van der Waals surface area contributed by atoms with E-state index in [0.29, 0.717) is 19.3 Å². The van der Waals surface area contributed by atoms with E-state index >= 15 is 0 Å². The van der Waals surface area contributed by atoms with Gasteiger partial charge in [-0.3, -0.25) is 4.79 Å². The van der Waals surface area contributed by atoms with Crippen molar-refractivity contribution in [1.82, 2.24) is 4.90 Å². The van der Waals surface area contributed by atoms with Crippen LogP contribution in [0.3, 0.4) is 0 Å². The quantitative estimate of drug-likeness (QED) is 0.507. The van der Waals surface area contributed by atoms with Gasteiger partial charge in [-0.05, 0) is 12.8 Å². The van der Waals surface area contributed by atoms with Crippen LogP contribution in [0.15, 0.2) is 0 Å². The van der Waals surface area contributed by atoms with E-state index in [4.69, 9.17) is 5.26 Å². The fraction of sp³-hybridized carbons (Fsp3) is 0.750. The van der Waals surface area contributed by atoms with Gasteiger partial charge in [-0.15, -0.1) is 0 Å². The average molecular weight is 222 g/mol. The SMILES string of the molecule is CCCCCC(C#N)N1C(=O)CC[C@@H]1C=O. The summed E-state index contributed by atoms with van der Waals surface area (Å²) in [7, 11) is 0. The van der Waals surface area contributed by atoms with Crippen LogP contribution >= 0.6 is 0 Å². The molecule has 1 aliphatic heterocycles. The van der Waals surface area contributed by atoms with E-state index in [1.54, 1.807) is 0 Å². The molecule has 88 valence electrons. The van der Waals surface area contributed by atoms with Crippen LogP contribution in [-0.2, 0) is 9.59 Å². The second-order valence-corrected chi connectivity index (χ2v) is 4.18. The second-order valence-electron chi connectivity index (χ2n) is 4.18. The molecule has 4 nitrogen and oxygen atoms in total. The molecule has 1 saturated heterocycles. The molecule has 1 fully saturated rings. The number of nitrogens with zero attached hydrogens (tertiary/aromatic N) is 2. The Morgan fingerprint density at radius 1 is 1.62 bits per heavy atom. The summed E-state index contributed by atoms with van der Waals surface area (Å²) in [6.07, 6.45) is 5.51. The molecule has 0 saturated carbocycles. The molecule has 0 aromatic carbocycles. The number of unbranched alkanes of at least 4 members (excludes halogenated alkanes) is 2. The first-order chi connectivity index (χ1) is 7.74. The number of amides is 1. The number of aldehydes is 1. The normalized spacial score (nSPS) is 21.9. The molecule has 2 atom stereocenters. The molecule has 0 bridgehead atoms. The van der Waals surface area contributed by atoms with Crippen molar-refractivity contribution in [2.45, 2.75) is 57.5 Å². The van der Waals surface area contributed by atoms with Crippen molar-refractivity contribution in [2.24, 2.45) is 0 Å². The van der Waals surface area contributed by atoms with Gasteiger partial charge in [0.25, 0.3) is 0 Å². The monoisotopic (exact) mass is 222 g/mol. The lowest BCUT2D eigenvalue weighted by molar-refractivity contribution is -0.132. The Kier molecular flexibility index (Phi) is 4.97. The predicted octanol–water partition coefficient (Wildman–Crippen LogP) is 1.65. The van der Waals surface area contributed by atoms with Crippen molar-refractivity contribution in [3.05, 3.63) is 0 Å². The van der Waals surface area contributed by atoms with Crippen molar-refractivity contribution < 1.29 is 9.59 Å². The highest BCUT2D eigenvalue weighted by atomic mass is 16.2. The molecule has 4 heteroatoms. The largest absolute Gasteiger partial charge is 0.317 e. The van der Waals surface area contributed by atoms with Gasteiger partial charge in [-0.25, -0.2) is 0 Å². The Morgan fingerprint density at radius 3 is 2.94 bits per heavy atom. The zero-order chi connectivity index (χ0) is 12.0. The molecule has 0 aromatic rings. The number of rotatable bonds is 6. The third-order valence-electron chi connectivity index (χ3n) is 3.02. The van der Waals surface area contributed by atoms with E-state index < -0.39 is 6.04 Å². The second kappa shape index (κ2) is 6.26. The van der Waals surface area contributed by atoms with Gasteiger partial charge in [0.05, 0.1) is 12.1 Å². The van der Waals surface area contributed by atoms with Crippen LogP contribution in [0.4, 0.5) is 0 Å². The highest BCUT2D eigenvalue weighted by Gasteiger charge is 2.35. The van der Waals surface area contributed by atoms with E-state index in [1.807, 2.05) is 0 Å². The highest BCUT2D eigenvalue weighted by molar-refractivity contribution is 5.84. The maximum atomic E-state index is 11.6. The summed E-state index contributed by atoms with van der Waals surface area (Å²) >= 11 is 0. The molecule has 1 heterocycles. The smallest absolute Gasteiger partial charge is 0.224 e. The highest BCUT2D eigenvalue weighted by Crippen LogP contribution is 2.22. The molecular formula is C12H18N2O2. The maximum absolute atomic E-state index is 11.6. The number of nitriles is 1. The maximum Gasteiger partial charge on any atom is 0.224 e. The molecule has 0 spiro atoms. The van der Waals surface area contributed by atoms with E-state index in [1.165, 1.54) is 4.90 Å². The first-order valence-electron chi connectivity index (χ1n) is 5.90. The zero-order valence-corrected chi connectivity index (χ0v) is 9.69. The van der Waals surface area contributed by atoms with Crippen LogP contribution in [0.25, 0.3) is 0 Å². The lowest BCUT2D eigenvalue weighted by Gasteiger charge is -2.25. The van der Waals surface area contributed by atoms with Crippen molar-refractivity contribution in [3.63, 3.8) is 0 Å². The van der Waals surface area contributed by atoms with Gasteiger partial charge in [-0.2, -0.15) is 5.26 Å². The molecule has 1 amide bonds. The summed E-state index contributed by atoms with van der Waals surface area (Å²) in [5, 5.41) is 9.06. The minimum absolute atomic E-state index is 0.0554. The van der Waals surface area contributed by atoms with Crippen molar-refractivity contribution >= 4 is 12.2 Å². The number of carbonyl (C=O) groups is 2. The molecule has 1 aliphatic rings. The Hall–Kier alpha value is -1.37. The first kappa shape index (κ1) is 12.7. The fourth-order valence-corrected chi connectivity index (χ4v) is 2.12. The van der Waals surface area contributed by atoms with Crippen LogP contribution in [0.1, 0.15) is 45.4 Å². The van der Waals surface area contributed by atoms with Crippen LogP contribution < -0.4 is 0 Å².